The second-order valence-electron chi connectivity index (χ2n) is 8.12. The normalized spacial score (nSPS) is 15.0. The topological polar surface area (TPSA) is 79.5 Å². The first-order valence-corrected chi connectivity index (χ1v) is 11.7. The summed E-state index contributed by atoms with van der Waals surface area (Å²) in [4.78, 5) is 25.5. The van der Waals surface area contributed by atoms with Gasteiger partial charge in [0.1, 0.15) is 0 Å². The predicted octanol–water partition coefficient (Wildman–Crippen LogP) is 4.24. The summed E-state index contributed by atoms with van der Waals surface area (Å²) in [6, 6.07) is 26.1. The Morgan fingerprint density at radius 1 is 0.912 bits per heavy atom. The third-order valence-corrected chi connectivity index (χ3v) is 5.89. The Labute approximate surface area is 204 Å². The molecule has 1 aliphatic rings. The summed E-state index contributed by atoms with van der Waals surface area (Å²) in [6.07, 6.45) is 2.11. The van der Waals surface area contributed by atoms with Crippen molar-refractivity contribution in [3.8, 4) is 0 Å². The molecule has 0 radical (unpaired) electrons. The molecule has 4 rings (SSSR count). The van der Waals surface area contributed by atoms with Crippen LogP contribution >= 0.6 is 12.2 Å². The lowest BCUT2D eigenvalue weighted by Gasteiger charge is -2.18. The largest absolute Gasteiger partial charge is 0.376 e. The van der Waals surface area contributed by atoms with Gasteiger partial charge in [0.25, 0.3) is 5.91 Å². The maximum atomic E-state index is 13.2. The number of nitrogens with one attached hydrogen (secondary N) is 3. The first kappa shape index (κ1) is 23.6. The summed E-state index contributed by atoms with van der Waals surface area (Å²) < 4.78 is 5.53. The van der Waals surface area contributed by atoms with E-state index in [2.05, 4.69) is 16.0 Å². The highest BCUT2D eigenvalue weighted by atomic mass is 32.1. The molecule has 6 nitrogen and oxygen atoms in total. The van der Waals surface area contributed by atoms with Gasteiger partial charge in [-0.05, 0) is 60.5 Å². The van der Waals surface area contributed by atoms with Crippen LogP contribution in [-0.2, 0) is 9.53 Å². The van der Waals surface area contributed by atoms with Gasteiger partial charge in [-0.2, -0.15) is 0 Å². The minimum atomic E-state index is -0.489. The number of rotatable bonds is 7. The van der Waals surface area contributed by atoms with E-state index in [1.54, 1.807) is 24.3 Å². The molecule has 1 unspecified atom stereocenters. The molecule has 34 heavy (non-hydrogen) atoms. The van der Waals surface area contributed by atoms with Crippen LogP contribution in [0.25, 0.3) is 0 Å². The summed E-state index contributed by atoms with van der Waals surface area (Å²) in [5, 5.41) is 8.92. The first-order valence-electron chi connectivity index (χ1n) is 11.3. The molecule has 3 aromatic rings. The first-order chi connectivity index (χ1) is 16.6. The van der Waals surface area contributed by atoms with Gasteiger partial charge in [-0.25, -0.2) is 0 Å². The second kappa shape index (κ2) is 11.5. The molecular formula is C27H27N3O3S. The fourth-order valence-corrected chi connectivity index (χ4v) is 4.17. The summed E-state index contributed by atoms with van der Waals surface area (Å²) in [5.74, 6) is -0.858. The molecule has 2 amide bonds. The number of amides is 2. The molecule has 3 N–H and O–H groups in total. The van der Waals surface area contributed by atoms with E-state index in [4.69, 9.17) is 17.0 Å². The number of benzene rings is 3. The van der Waals surface area contributed by atoms with Crippen molar-refractivity contribution in [1.29, 1.82) is 0 Å². The van der Waals surface area contributed by atoms with Crippen molar-refractivity contribution in [1.82, 2.24) is 10.6 Å². The highest BCUT2D eigenvalue weighted by Gasteiger charge is 2.23. The van der Waals surface area contributed by atoms with Crippen LogP contribution in [0.4, 0.5) is 5.69 Å². The monoisotopic (exact) mass is 473 g/mol. The van der Waals surface area contributed by atoms with Crippen LogP contribution in [0.5, 0.6) is 0 Å². The predicted molar refractivity (Wildman–Crippen MR) is 137 cm³/mol. The van der Waals surface area contributed by atoms with E-state index >= 15 is 0 Å². The highest BCUT2D eigenvalue weighted by molar-refractivity contribution is 7.80. The minimum absolute atomic E-state index is 0.0986. The molecule has 0 aliphatic carbocycles. The molecule has 1 aliphatic heterocycles. The molecule has 0 bridgehead atoms. The van der Waals surface area contributed by atoms with Crippen molar-refractivity contribution in [2.75, 3.05) is 18.5 Å². The molecule has 174 valence electrons. The van der Waals surface area contributed by atoms with Crippen LogP contribution in [0.2, 0.25) is 0 Å². The Morgan fingerprint density at radius 2 is 1.53 bits per heavy atom. The SMILES string of the molecule is O=C(NCC1CCCO1)c1ccc(NC(=S)NC(=O)C(c2ccccc2)c2ccccc2)cc1. The van der Waals surface area contributed by atoms with Crippen molar-refractivity contribution in [2.24, 2.45) is 0 Å². The minimum Gasteiger partial charge on any atom is -0.376 e. The van der Waals surface area contributed by atoms with E-state index < -0.39 is 5.92 Å². The van der Waals surface area contributed by atoms with E-state index in [9.17, 15) is 9.59 Å². The summed E-state index contributed by atoms with van der Waals surface area (Å²) in [7, 11) is 0. The molecule has 0 spiro atoms. The smallest absolute Gasteiger partial charge is 0.251 e. The third-order valence-electron chi connectivity index (χ3n) is 5.68. The maximum Gasteiger partial charge on any atom is 0.251 e. The average molecular weight is 474 g/mol. The molecule has 1 fully saturated rings. The van der Waals surface area contributed by atoms with Crippen molar-refractivity contribution < 1.29 is 14.3 Å². The Morgan fingerprint density at radius 3 is 2.09 bits per heavy atom. The standard InChI is InChI=1S/C27H27N3O3S/c31-25(28-18-23-12-7-17-33-23)21-13-15-22(16-14-21)29-27(34)30-26(32)24(19-8-3-1-4-9-19)20-10-5-2-6-11-20/h1-6,8-11,13-16,23-24H,7,12,17-18H2,(H,28,31)(H2,29,30,32,34). The van der Waals surface area contributed by atoms with Crippen molar-refractivity contribution in [3.63, 3.8) is 0 Å². The molecule has 0 saturated carbocycles. The fraction of sp³-hybridized carbons (Fsp3) is 0.222. The van der Waals surface area contributed by atoms with Gasteiger partial charge < -0.3 is 20.7 Å². The number of carbonyl (C=O) groups is 2. The van der Waals surface area contributed by atoms with Crippen molar-refractivity contribution >= 4 is 34.8 Å². The van der Waals surface area contributed by atoms with Gasteiger partial charge in [-0.3, -0.25) is 9.59 Å². The quantitative estimate of drug-likeness (QED) is 0.448. The Hall–Kier alpha value is -3.55. The van der Waals surface area contributed by atoms with E-state index in [1.165, 1.54) is 0 Å². The third kappa shape index (κ3) is 6.27. The van der Waals surface area contributed by atoms with Gasteiger partial charge in [0.15, 0.2) is 5.11 Å². The number of ether oxygens (including phenoxy) is 1. The number of thiocarbonyl (C=S) groups is 1. The van der Waals surface area contributed by atoms with E-state index in [-0.39, 0.29) is 23.0 Å². The molecule has 7 heteroatoms. The van der Waals surface area contributed by atoms with Gasteiger partial charge in [0.2, 0.25) is 5.91 Å². The van der Waals surface area contributed by atoms with Crippen LogP contribution in [0.3, 0.4) is 0 Å². The Bertz CT molecular complexity index is 1080. The van der Waals surface area contributed by atoms with Crippen molar-refractivity contribution in [2.45, 2.75) is 24.9 Å². The van der Waals surface area contributed by atoms with Crippen LogP contribution in [0.15, 0.2) is 84.9 Å². The lowest BCUT2D eigenvalue weighted by molar-refractivity contribution is -0.120. The van der Waals surface area contributed by atoms with E-state index in [1.807, 2.05) is 60.7 Å². The van der Waals surface area contributed by atoms with Crippen LogP contribution < -0.4 is 16.0 Å². The molecule has 1 atom stereocenters. The summed E-state index contributed by atoms with van der Waals surface area (Å²) in [6.45, 7) is 1.27. The maximum absolute atomic E-state index is 13.2. The van der Waals surface area contributed by atoms with Crippen LogP contribution in [0.1, 0.15) is 40.2 Å². The van der Waals surface area contributed by atoms with Gasteiger partial charge >= 0.3 is 0 Å². The molecule has 1 saturated heterocycles. The lowest BCUT2D eigenvalue weighted by atomic mass is 9.90. The zero-order chi connectivity index (χ0) is 23.8. The molecule has 3 aromatic carbocycles. The fourth-order valence-electron chi connectivity index (χ4n) is 3.95. The molecule has 0 aromatic heterocycles. The number of hydrogen-bond donors (Lipinski definition) is 3. The highest BCUT2D eigenvalue weighted by Crippen LogP contribution is 2.24. The number of anilines is 1. The Kier molecular flexibility index (Phi) is 8.01. The van der Waals surface area contributed by atoms with Crippen LogP contribution in [0, 0.1) is 0 Å². The van der Waals surface area contributed by atoms with Gasteiger partial charge in [-0.1, -0.05) is 60.7 Å². The van der Waals surface area contributed by atoms with E-state index in [0.717, 1.165) is 30.6 Å². The zero-order valence-electron chi connectivity index (χ0n) is 18.7. The lowest BCUT2D eigenvalue weighted by Crippen LogP contribution is -2.37. The van der Waals surface area contributed by atoms with E-state index in [0.29, 0.717) is 17.8 Å². The number of carbonyl (C=O) groups excluding carboxylic acids is 2. The Balaban J connectivity index is 1.35. The average Bonchev–Trinajstić information content (AvgIpc) is 3.38. The molecule has 1 heterocycles. The van der Waals surface area contributed by atoms with Crippen molar-refractivity contribution in [3.05, 3.63) is 102 Å². The summed E-state index contributed by atoms with van der Waals surface area (Å²) in [5.41, 5.74) is 2.99. The van der Waals surface area contributed by atoms with Gasteiger partial charge in [0, 0.05) is 24.4 Å². The summed E-state index contributed by atoms with van der Waals surface area (Å²) >= 11 is 5.38. The molecular weight excluding hydrogens is 446 g/mol. The van der Waals surface area contributed by atoms with Gasteiger partial charge in [-0.15, -0.1) is 0 Å². The van der Waals surface area contributed by atoms with Crippen LogP contribution in [-0.4, -0.2) is 36.2 Å². The number of hydrogen-bond acceptors (Lipinski definition) is 4. The van der Waals surface area contributed by atoms with Gasteiger partial charge in [0.05, 0.1) is 12.0 Å². The zero-order valence-corrected chi connectivity index (χ0v) is 19.5. The second-order valence-corrected chi connectivity index (χ2v) is 8.53.